The van der Waals surface area contributed by atoms with Crippen molar-refractivity contribution >= 4 is 30.2 Å². The van der Waals surface area contributed by atoms with Crippen LogP contribution in [0.25, 0.3) is 0 Å². The number of nitrogens with one attached hydrogen (secondary N) is 2. The second-order valence-electron chi connectivity index (χ2n) is 9.95. The summed E-state index contributed by atoms with van der Waals surface area (Å²) in [7, 11) is 0. The number of aryl methyl sites for hydroxylation is 1. The van der Waals surface area contributed by atoms with Crippen LogP contribution in [0.3, 0.4) is 0 Å². The fourth-order valence-corrected chi connectivity index (χ4v) is 5.07. The highest BCUT2D eigenvalue weighted by molar-refractivity contribution is 5.85. The molecule has 3 N–H and O–H groups in total. The number of benzene rings is 1. The first kappa shape index (κ1) is 30.9. The maximum Gasteiger partial charge on any atom is 0.416 e. The van der Waals surface area contributed by atoms with Crippen molar-refractivity contribution in [2.75, 3.05) is 26.2 Å². The van der Waals surface area contributed by atoms with Crippen LogP contribution in [0.1, 0.15) is 62.5 Å². The van der Waals surface area contributed by atoms with Crippen LogP contribution >= 0.6 is 12.4 Å². The molecule has 2 saturated heterocycles. The van der Waals surface area contributed by atoms with Crippen LogP contribution in [-0.4, -0.2) is 60.0 Å². The van der Waals surface area contributed by atoms with Gasteiger partial charge in [0.15, 0.2) is 0 Å². The molecular weight excluding hydrogens is 511 g/mol. The van der Waals surface area contributed by atoms with Crippen LogP contribution in [-0.2, 0) is 27.0 Å². The molecule has 1 aromatic carbocycles. The highest BCUT2D eigenvalue weighted by atomic mass is 35.5. The Balaban J connectivity index is 0.00000481. The normalized spacial score (nSPS) is 19.5. The van der Waals surface area contributed by atoms with Crippen molar-refractivity contribution < 1.29 is 32.7 Å². The van der Waals surface area contributed by atoms with Crippen molar-refractivity contribution in [1.29, 1.82) is 0 Å². The molecule has 0 spiro atoms. The quantitative estimate of drug-likeness (QED) is 0.411. The minimum atomic E-state index is -4.46. The van der Waals surface area contributed by atoms with Crippen LogP contribution < -0.4 is 10.6 Å². The van der Waals surface area contributed by atoms with Crippen LogP contribution in [0.2, 0.25) is 0 Å². The molecule has 2 amide bonds. The topological polar surface area (TPSA) is 98.7 Å². The summed E-state index contributed by atoms with van der Waals surface area (Å²) in [5.41, 5.74) is -0.330. The van der Waals surface area contributed by atoms with Gasteiger partial charge in [-0.15, -0.1) is 12.4 Å². The zero-order valence-corrected chi connectivity index (χ0v) is 21.7. The Morgan fingerprint density at radius 1 is 1.16 bits per heavy atom. The Morgan fingerprint density at radius 2 is 1.89 bits per heavy atom. The molecule has 2 heterocycles. The van der Waals surface area contributed by atoms with Crippen LogP contribution in [0, 0.1) is 11.8 Å². The lowest BCUT2D eigenvalue weighted by Gasteiger charge is -2.33. The first-order chi connectivity index (χ1) is 17.1. The maximum atomic E-state index is 13.0. The molecule has 208 valence electrons. The zero-order chi connectivity index (χ0) is 26.1. The van der Waals surface area contributed by atoms with E-state index in [4.69, 9.17) is 0 Å². The van der Waals surface area contributed by atoms with E-state index in [1.54, 1.807) is 11.0 Å². The number of carboxylic acid groups (broad SMARTS) is 1. The molecule has 0 bridgehead atoms. The van der Waals surface area contributed by atoms with Crippen molar-refractivity contribution in [3.05, 3.63) is 35.4 Å². The molecule has 0 saturated carbocycles. The predicted octanol–water partition coefficient (Wildman–Crippen LogP) is 4.04. The van der Waals surface area contributed by atoms with E-state index in [9.17, 15) is 32.7 Å². The van der Waals surface area contributed by atoms with Crippen LogP contribution in [0.15, 0.2) is 24.3 Å². The molecule has 7 nitrogen and oxygen atoms in total. The van der Waals surface area contributed by atoms with Gasteiger partial charge >= 0.3 is 12.1 Å². The average molecular weight is 548 g/mol. The van der Waals surface area contributed by atoms with Crippen molar-refractivity contribution in [1.82, 2.24) is 15.5 Å². The SMILES string of the molecule is Cl.O=C(O)CC(CCc1cccc(C(F)(F)F)c1)NC(=O)[C@@H]1CCCN(C(=O)CCC2CCNCC2)C1. The summed E-state index contributed by atoms with van der Waals surface area (Å²) in [4.78, 5) is 38.8. The number of likely N-dealkylation sites (tertiary alicyclic amines) is 1. The second kappa shape index (κ2) is 14.6. The van der Waals surface area contributed by atoms with Gasteiger partial charge in [-0.1, -0.05) is 18.2 Å². The molecule has 37 heavy (non-hydrogen) atoms. The maximum absolute atomic E-state index is 13.0. The minimum absolute atomic E-state index is 0. The number of carbonyl (C=O) groups excluding carboxylic acids is 2. The molecule has 1 unspecified atom stereocenters. The molecule has 2 fully saturated rings. The molecule has 0 aromatic heterocycles. The van der Waals surface area contributed by atoms with Gasteiger partial charge in [0.05, 0.1) is 17.9 Å². The molecule has 1 aromatic rings. The van der Waals surface area contributed by atoms with Crippen LogP contribution in [0.4, 0.5) is 13.2 Å². The van der Waals surface area contributed by atoms with Crippen molar-refractivity contribution in [2.24, 2.45) is 11.8 Å². The number of rotatable bonds is 10. The summed E-state index contributed by atoms with van der Waals surface area (Å²) in [6.07, 6.45) is 0.398. The van der Waals surface area contributed by atoms with Gasteiger partial charge in [-0.25, -0.2) is 0 Å². The highest BCUT2D eigenvalue weighted by Gasteiger charge is 2.31. The second-order valence-corrected chi connectivity index (χ2v) is 9.95. The summed E-state index contributed by atoms with van der Waals surface area (Å²) in [6, 6.07) is 4.21. The van der Waals surface area contributed by atoms with E-state index in [2.05, 4.69) is 10.6 Å². The number of piperidine rings is 2. The summed E-state index contributed by atoms with van der Waals surface area (Å²) in [5, 5.41) is 15.4. The lowest BCUT2D eigenvalue weighted by atomic mass is 9.92. The summed E-state index contributed by atoms with van der Waals surface area (Å²) in [6.45, 7) is 2.89. The van der Waals surface area contributed by atoms with Gasteiger partial charge in [0, 0.05) is 25.6 Å². The summed E-state index contributed by atoms with van der Waals surface area (Å²) < 4.78 is 38.9. The van der Waals surface area contributed by atoms with E-state index in [0.717, 1.165) is 44.5 Å². The number of hydrogen-bond acceptors (Lipinski definition) is 4. The first-order valence-electron chi connectivity index (χ1n) is 12.8. The summed E-state index contributed by atoms with van der Waals surface area (Å²) in [5.74, 6) is -1.22. The van der Waals surface area contributed by atoms with Gasteiger partial charge in [0.1, 0.15) is 0 Å². The molecule has 11 heteroatoms. The Labute approximate surface area is 222 Å². The number of carbonyl (C=O) groups is 3. The number of nitrogens with zero attached hydrogens (tertiary/aromatic N) is 1. The number of hydrogen-bond donors (Lipinski definition) is 3. The molecule has 2 atom stereocenters. The third-order valence-electron chi connectivity index (χ3n) is 7.17. The van der Waals surface area contributed by atoms with Gasteiger partial charge < -0.3 is 20.6 Å². The lowest BCUT2D eigenvalue weighted by Crippen LogP contribution is -2.48. The fraction of sp³-hybridized carbons (Fsp3) is 0.654. The Hall–Kier alpha value is -2.33. The third kappa shape index (κ3) is 10.2. The van der Waals surface area contributed by atoms with Gasteiger partial charge in [-0.05, 0) is 75.6 Å². The molecule has 0 radical (unpaired) electrons. The van der Waals surface area contributed by atoms with Gasteiger partial charge in [0.2, 0.25) is 11.8 Å². The van der Waals surface area contributed by atoms with Crippen LogP contribution in [0.5, 0.6) is 0 Å². The molecule has 2 aliphatic heterocycles. The zero-order valence-electron chi connectivity index (χ0n) is 20.9. The van der Waals surface area contributed by atoms with Gasteiger partial charge in [-0.3, -0.25) is 14.4 Å². The molecule has 0 aliphatic carbocycles. The highest BCUT2D eigenvalue weighted by Crippen LogP contribution is 2.30. The number of halogens is 4. The standard InChI is InChI=1S/C26H36F3N3O4.ClH/c27-26(28,29)21-5-1-3-19(15-21)6-8-22(16-24(34)35)31-25(36)20-4-2-14-32(17-20)23(33)9-7-18-10-12-30-13-11-18;/h1,3,5,15,18,20,22,30H,2,4,6-14,16-17H2,(H,31,36)(H,34,35);1H/t20-,22?;/m1./s1. The van der Waals surface area contributed by atoms with E-state index < -0.39 is 29.7 Å². The predicted molar refractivity (Wildman–Crippen MR) is 135 cm³/mol. The number of carboxylic acids is 1. The Kier molecular flexibility index (Phi) is 12.2. The number of amides is 2. The third-order valence-corrected chi connectivity index (χ3v) is 7.17. The average Bonchev–Trinajstić information content (AvgIpc) is 2.86. The lowest BCUT2D eigenvalue weighted by molar-refractivity contribution is -0.139. The van der Waals surface area contributed by atoms with Gasteiger partial charge in [-0.2, -0.15) is 13.2 Å². The van der Waals surface area contributed by atoms with E-state index in [1.807, 2.05) is 0 Å². The number of alkyl halides is 3. The van der Waals surface area contributed by atoms with E-state index in [-0.39, 0.29) is 43.5 Å². The monoisotopic (exact) mass is 547 g/mol. The van der Waals surface area contributed by atoms with E-state index in [1.165, 1.54) is 6.07 Å². The van der Waals surface area contributed by atoms with E-state index >= 15 is 0 Å². The molecule has 2 aliphatic rings. The van der Waals surface area contributed by atoms with Crippen molar-refractivity contribution in [3.8, 4) is 0 Å². The fourth-order valence-electron chi connectivity index (χ4n) is 5.07. The molecular formula is C26H37ClF3N3O4. The van der Waals surface area contributed by atoms with Crippen molar-refractivity contribution in [2.45, 2.75) is 70.0 Å². The molecule has 3 rings (SSSR count). The van der Waals surface area contributed by atoms with E-state index in [0.29, 0.717) is 43.8 Å². The van der Waals surface area contributed by atoms with Crippen molar-refractivity contribution in [3.63, 3.8) is 0 Å². The first-order valence-corrected chi connectivity index (χ1v) is 12.8. The Bertz CT molecular complexity index is 909. The smallest absolute Gasteiger partial charge is 0.416 e. The Morgan fingerprint density at radius 3 is 2.57 bits per heavy atom. The summed E-state index contributed by atoms with van der Waals surface area (Å²) >= 11 is 0. The largest absolute Gasteiger partial charge is 0.481 e. The number of aliphatic carboxylic acids is 1. The minimum Gasteiger partial charge on any atom is -0.481 e. The van der Waals surface area contributed by atoms with Gasteiger partial charge in [0.25, 0.3) is 0 Å².